The third-order valence-corrected chi connectivity index (χ3v) is 5.24. The van der Waals surface area contributed by atoms with Crippen LogP contribution < -0.4 is 10.6 Å². The van der Waals surface area contributed by atoms with Crippen molar-refractivity contribution in [3.05, 3.63) is 24.2 Å². The minimum absolute atomic E-state index is 0.199. The minimum atomic E-state index is 0.199. The Labute approximate surface area is 144 Å². The van der Waals surface area contributed by atoms with E-state index < -0.39 is 0 Å². The number of nitrogens with zero attached hydrogens (tertiary/aromatic N) is 2. The smallest absolute Gasteiger partial charge is 0.191 e. The maximum Gasteiger partial charge on any atom is 0.191 e. The lowest BCUT2D eigenvalue weighted by Crippen LogP contribution is -2.49. The fraction of sp³-hybridized carbons (Fsp3) is 0.722. The van der Waals surface area contributed by atoms with Gasteiger partial charge in [-0.1, -0.05) is 13.8 Å². The number of rotatable bonds is 7. The molecule has 2 saturated heterocycles. The van der Waals surface area contributed by atoms with Gasteiger partial charge in [0.15, 0.2) is 5.96 Å². The number of nitrogens with one attached hydrogen (secondary N) is 2. The zero-order valence-electron chi connectivity index (χ0n) is 15.0. The van der Waals surface area contributed by atoms with Gasteiger partial charge >= 0.3 is 0 Å². The van der Waals surface area contributed by atoms with Crippen LogP contribution in [-0.2, 0) is 4.74 Å². The molecule has 0 radical (unpaired) electrons. The fourth-order valence-corrected chi connectivity index (χ4v) is 3.91. The van der Waals surface area contributed by atoms with Crippen molar-refractivity contribution < 1.29 is 9.15 Å². The van der Waals surface area contributed by atoms with Gasteiger partial charge in [0.1, 0.15) is 5.76 Å². The minimum Gasteiger partial charge on any atom is -0.468 e. The van der Waals surface area contributed by atoms with E-state index in [2.05, 4.69) is 34.4 Å². The van der Waals surface area contributed by atoms with Crippen LogP contribution in [-0.4, -0.2) is 55.8 Å². The molecule has 6 heteroatoms. The molecule has 2 aliphatic heterocycles. The zero-order valence-corrected chi connectivity index (χ0v) is 15.0. The van der Waals surface area contributed by atoms with Crippen molar-refractivity contribution in [2.24, 2.45) is 4.99 Å². The highest BCUT2D eigenvalue weighted by atomic mass is 16.5. The van der Waals surface area contributed by atoms with Gasteiger partial charge in [-0.3, -0.25) is 9.89 Å². The normalized spacial score (nSPS) is 27.7. The molecule has 3 rings (SSSR count). The summed E-state index contributed by atoms with van der Waals surface area (Å²) in [6.07, 6.45) is 5.98. The van der Waals surface area contributed by atoms with E-state index in [1.54, 1.807) is 6.26 Å². The topological polar surface area (TPSA) is 62.0 Å². The number of furan rings is 1. The number of hydrogen-bond acceptors (Lipinski definition) is 4. The first kappa shape index (κ1) is 17.3. The predicted octanol–water partition coefficient (Wildman–Crippen LogP) is 2.15. The van der Waals surface area contributed by atoms with Crippen molar-refractivity contribution >= 4 is 5.96 Å². The molecule has 2 N–H and O–H groups in total. The number of fused-ring (bicyclic) bond motifs is 2. The maximum atomic E-state index is 5.92. The van der Waals surface area contributed by atoms with Gasteiger partial charge in [0, 0.05) is 13.6 Å². The average molecular weight is 334 g/mol. The highest BCUT2D eigenvalue weighted by Crippen LogP contribution is 2.34. The standard InChI is InChI=1S/C18H30N4O2/c1-4-22(5-2)15(17-7-6-10-23-17)12-20-18(19-3)21-14-11-13-8-9-16(14)24-13/h6-7,10,13-16H,4-5,8-9,11-12H2,1-3H3,(H2,19,20,21). The molecule has 3 heterocycles. The van der Waals surface area contributed by atoms with Crippen LogP contribution in [0.4, 0.5) is 0 Å². The van der Waals surface area contributed by atoms with Gasteiger partial charge in [0.25, 0.3) is 0 Å². The molecule has 1 aromatic heterocycles. The van der Waals surface area contributed by atoms with E-state index in [9.17, 15) is 0 Å². The molecule has 134 valence electrons. The Morgan fingerprint density at radius 1 is 1.38 bits per heavy atom. The molecular weight excluding hydrogens is 304 g/mol. The molecule has 0 saturated carbocycles. The van der Waals surface area contributed by atoms with E-state index in [-0.39, 0.29) is 6.04 Å². The summed E-state index contributed by atoms with van der Waals surface area (Å²) in [6, 6.07) is 4.58. The van der Waals surface area contributed by atoms with E-state index in [0.29, 0.717) is 18.2 Å². The lowest BCUT2D eigenvalue weighted by atomic mass is 9.96. The number of hydrogen-bond donors (Lipinski definition) is 2. The third kappa shape index (κ3) is 3.75. The first-order chi connectivity index (χ1) is 11.7. The van der Waals surface area contributed by atoms with Gasteiger partial charge in [-0.05, 0) is 44.5 Å². The quantitative estimate of drug-likeness (QED) is 0.591. The van der Waals surface area contributed by atoms with Crippen molar-refractivity contribution in [2.45, 2.75) is 57.4 Å². The summed E-state index contributed by atoms with van der Waals surface area (Å²) in [6.45, 7) is 7.08. The maximum absolute atomic E-state index is 5.92. The Bertz CT molecular complexity index is 527. The molecule has 4 unspecified atom stereocenters. The SMILES string of the molecule is CCN(CC)C(CNC(=NC)NC1CC2CCC1O2)c1ccco1. The highest BCUT2D eigenvalue weighted by Gasteiger charge is 2.41. The summed E-state index contributed by atoms with van der Waals surface area (Å²) < 4.78 is 11.6. The molecule has 0 aliphatic carbocycles. The van der Waals surface area contributed by atoms with Crippen molar-refractivity contribution in [3.63, 3.8) is 0 Å². The van der Waals surface area contributed by atoms with Crippen LogP contribution in [0.3, 0.4) is 0 Å². The third-order valence-electron chi connectivity index (χ3n) is 5.24. The number of guanidine groups is 1. The molecule has 6 nitrogen and oxygen atoms in total. The van der Waals surface area contributed by atoms with Crippen LogP contribution in [0.1, 0.15) is 44.9 Å². The van der Waals surface area contributed by atoms with Crippen molar-refractivity contribution in [3.8, 4) is 0 Å². The summed E-state index contributed by atoms with van der Waals surface area (Å²) in [5.41, 5.74) is 0. The van der Waals surface area contributed by atoms with E-state index in [4.69, 9.17) is 9.15 Å². The molecule has 2 fully saturated rings. The summed E-state index contributed by atoms with van der Waals surface area (Å²) in [4.78, 5) is 6.78. The number of ether oxygens (including phenoxy) is 1. The second-order valence-corrected chi connectivity index (χ2v) is 6.57. The number of likely N-dealkylation sites (N-methyl/N-ethyl adjacent to an activating group) is 1. The number of aliphatic imine (C=N–C) groups is 1. The summed E-state index contributed by atoms with van der Waals surface area (Å²) in [5, 5.41) is 7.01. The Hall–Kier alpha value is -1.53. The average Bonchev–Trinajstić information content (AvgIpc) is 3.35. The van der Waals surface area contributed by atoms with Crippen molar-refractivity contribution in [1.29, 1.82) is 0 Å². The first-order valence-electron chi connectivity index (χ1n) is 9.15. The zero-order chi connectivity index (χ0) is 16.9. The van der Waals surface area contributed by atoms with Crippen molar-refractivity contribution in [2.75, 3.05) is 26.7 Å². The van der Waals surface area contributed by atoms with Crippen molar-refractivity contribution in [1.82, 2.24) is 15.5 Å². The van der Waals surface area contributed by atoms with E-state index in [1.807, 2.05) is 19.2 Å². The van der Waals surface area contributed by atoms with E-state index in [0.717, 1.165) is 44.2 Å². The Morgan fingerprint density at radius 2 is 2.21 bits per heavy atom. The van der Waals surface area contributed by atoms with Crippen LogP contribution in [0.2, 0.25) is 0 Å². The largest absolute Gasteiger partial charge is 0.468 e. The Morgan fingerprint density at radius 3 is 2.75 bits per heavy atom. The molecule has 24 heavy (non-hydrogen) atoms. The highest BCUT2D eigenvalue weighted by molar-refractivity contribution is 5.80. The molecular formula is C18H30N4O2. The Kier molecular flexibility index (Phi) is 5.79. The van der Waals surface area contributed by atoms with Crippen LogP contribution in [0.15, 0.2) is 27.8 Å². The fourth-order valence-electron chi connectivity index (χ4n) is 3.91. The van der Waals surface area contributed by atoms with Crippen LogP contribution in [0.25, 0.3) is 0 Å². The lowest BCUT2D eigenvalue weighted by molar-refractivity contribution is 0.0992. The van der Waals surface area contributed by atoms with Crippen LogP contribution >= 0.6 is 0 Å². The summed E-state index contributed by atoms with van der Waals surface area (Å²) in [7, 11) is 1.82. The second kappa shape index (κ2) is 8.03. The second-order valence-electron chi connectivity index (χ2n) is 6.57. The Balaban J connectivity index is 1.58. The van der Waals surface area contributed by atoms with Gasteiger partial charge in [-0.2, -0.15) is 0 Å². The van der Waals surface area contributed by atoms with Gasteiger partial charge in [-0.25, -0.2) is 0 Å². The summed E-state index contributed by atoms with van der Waals surface area (Å²) in [5.74, 6) is 1.84. The van der Waals surface area contributed by atoms with E-state index in [1.165, 1.54) is 6.42 Å². The monoisotopic (exact) mass is 334 g/mol. The molecule has 2 bridgehead atoms. The molecule has 1 aromatic rings. The first-order valence-corrected chi connectivity index (χ1v) is 9.15. The summed E-state index contributed by atoms with van der Waals surface area (Å²) >= 11 is 0. The van der Waals surface area contributed by atoms with Gasteiger partial charge in [0.05, 0.1) is 30.6 Å². The molecule has 4 atom stereocenters. The van der Waals surface area contributed by atoms with Gasteiger partial charge in [-0.15, -0.1) is 0 Å². The van der Waals surface area contributed by atoms with E-state index >= 15 is 0 Å². The van der Waals surface area contributed by atoms with Gasteiger partial charge < -0.3 is 19.8 Å². The molecule has 0 amide bonds. The molecule has 0 spiro atoms. The van der Waals surface area contributed by atoms with Crippen LogP contribution in [0, 0.1) is 0 Å². The predicted molar refractivity (Wildman–Crippen MR) is 95.2 cm³/mol. The molecule has 0 aromatic carbocycles. The van der Waals surface area contributed by atoms with Crippen LogP contribution in [0.5, 0.6) is 0 Å². The molecule has 2 aliphatic rings. The lowest BCUT2D eigenvalue weighted by Gasteiger charge is -2.29. The van der Waals surface area contributed by atoms with Gasteiger partial charge in [0.2, 0.25) is 0 Å².